The molecule has 1 heterocycles. The van der Waals surface area contributed by atoms with Crippen LogP contribution in [0.5, 0.6) is 0 Å². The molecule has 26 heavy (non-hydrogen) atoms. The zero-order valence-corrected chi connectivity index (χ0v) is 16.2. The Kier molecular flexibility index (Phi) is 5.65. The standard InChI is InChI=1S/C20H27N3O2S/c1-16-5-3-4-6-18(16)15-17(2)22-11-13-23(14-12-22)19-7-9-20(10-8-19)26(21,24)25/h3-10,17H,11-15H2,1-2H3,(H2,21,24,25)/t17-/m0/s1. The normalized spacial score (nSPS) is 17.3. The zero-order valence-electron chi connectivity index (χ0n) is 15.4. The van der Waals surface area contributed by atoms with E-state index in [1.807, 2.05) is 12.1 Å². The monoisotopic (exact) mass is 373 g/mol. The van der Waals surface area contributed by atoms with Crippen LogP contribution in [0, 0.1) is 6.92 Å². The van der Waals surface area contributed by atoms with Gasteiger partial charge < -0.3 is 4.90 Å². The first-order chi connectivity index (χ1) is 12.3. The number of primary sulfonamides is 1. The maximum atomic E-state index is 11.4. The first-order valence-electron chi connectivity index (χ1n) is 9.01. The van der Waals surface area contributed by atoms with Crippen molar-refractivity contribution in [2.24, 2.45) is 5.14 Å². The number of rotatable bonds is 5. The van der Waals surface area contributed by atoms with Gasteiger partial charge in [-0.15, -0.1) is 0 Å². The molecule has 2 N–H and O–H groups in total. The zero-order chi connectivity index (χ0) is 18.7. The number of nitrogens with two attached hydrogens (primary N) is 1. The van der Waals surface area contributed by atoms with Gasteiger partial charge in [0, 0.05) is 37.9 Å². The molecule has 0 saturated carbocycles. The van der Waals surface area contributed by atoms with E-state index in [-0.39, 0.29) is 4.90 Å². The Hall–Kier alpha value is -1.89. The molecule has 0 amide bonds. The second kappa shape index (κ2) is 7.78. The lowest BCUT2D eigenvalue weighted by molar-refractivity contribution is 0.196. The summed E-state index contributed by atoms with van der Waals surface area (Å²) in [6, 6.07) is 15.9. The molecule has 0 aliphatic carbocycles. The van der Waals surface area contributed by atoms with Gasteiger partial charge in [0.15, 0.2) is 0 Å². The van der Waals surface area contributed by atoms with Crippen LogP contribution in [0.4, 0.5) is 5.69 Å². The summed E-state index contributed by atoms with van der Waals surface area (Å²) in [7, 11) is -3.63. The third-order valence-corrected chi connectivity index (χ3v) is 6.17. The molecule has 0 unspecified atom stereocenters. The van der Waals surface area contributed by atoms with Gasteiger partial charge in [-0.3, -0.25) is 4.90 Å². The van der Waals surface area contributed by atoms with Gasteiger partial charge in [0.25, 0.3) is 0 Å². The van der Waals surface area contributed by atoms with Crippen LogP contribution in [0.15, 0.2) is 53.4 Å². The summed E-state index contributed by atoms with van der Waals surface area (Å²) < 4.78 is 22.7. The summed E-state index contributed by atoms with van der Waals surface area (Å²) in [4.78, 5) is 4.98. The van der Waals surface area contributed by atoms with Crippen LogP contribution < -0.4 is 10.0 Å². The minimum absolute atomic E-state index is 0.159. The van der Waals surface area contributed by atoms with Crippen LogP contribution in [0.2, 0.25) is 0 Å². The van der Waals surface area contributed by atoms with E-state index in [2.05, 4.69) is 47.9 Å². The first-order valence-corrected chi connectivity index (χ1v) is 10.6. The van der Waals surface area contributed by atoms with Crippen LogP contribution in [-0.4, -0.2) is 45.5 Å². The van der Waals surface area contributed by atoms with Crippen molar-refractivity contribution in [3.05, 3.63) is 59.7 Å². The molecule has 1 atom stereocenters. The lowest BCUT2D eigenvalue weighted by atomic mass is 10.0. The van der Waals surface area contributed by atoms with Gasteiger partial charge in [0.1, 0.15) is 0 Å². The Morgan fingerprint density at radius 3 is 2.19 bits per heavy atom. The lowest BCUT2D eigenvalue weighted by Gasteiger charge is -2.39. The average Bonchev–Trinajstić information content (AvgIpc) is 2.63. The third-order valence-electron chi connectivity index (χ3n) is 5.24. The molecule has 1 saturated heterocycles. The van der Waals surface area contributed by atoms with Crippen LogP contribution in [-0.2, 0) is 16.4 Å². The van der Waals surface area contributed by atoms with Gasteiger partial charge in [0.2, 0.25) is 10.0 Å². The summed E-state index contributed by atoms with van der Waals surface area (Å²) >= 11 is 0. The molecular weight excluding hydrogens is 346 g/mol. The van der Waals surface area contributed by atoms with Crippen molar-refractivity contribution in [1.82, 2.24) is 4.90 Å². The van der Waals surface area contributed by atoms with E-state index in [1.54, 1.807) is 12.1 Å². The van der Waals surface area contributed by atoms with Crippen LogP contribution in [0.1, 0.15) is 18.1 Å². The van der Waals surface area contributed by atoms with Gasteiger partial charge in [-0.05, 0) is 55.7 Å². The summed E-state index contributed by atoms with van der Waals surface area (Å²) in [5.41, 5.74) is 3.82. The molecule has 140 valence electrons. The van der Waals surface area contributed by atoms with Crippen molar-refractivity contribution in [3.63, 3.8) is 0 Å². The number of anilines is 1. The Labute approximate surface area is 156 Å². The minimum Gasteiger partial charge on any atom is -0.369 e. The largest absolute Gasteiger partial charge is 0.369 e. The van der Waals surface area contributed by atoms with Crippen molar-refractivity contribution in [3.8, 4) is 0 Å². The summed E-state index contributed by atoms with van der Waals surface area (Å²) in [5.74, 6) is 0. The molecule has 0 aromatic heterocycles. The fourth-order valence-electron chi connectivity index (χ4n) is 3.55. The topological polar surface area (TPSA) is 66.6 Å². The number of aryl methyl sites for hydroxylation is 1. The Morgan fingerprint density at radius 1 is 1.00 bits per heavy atom. The SMILES string of the molecule is Cc1ccccc1C[C@H](C)N1CCN(c2ccc(S(N)(=O)=O)cc2)CC1. The molecule has 0 bridgehead atoms. The van der Waals surface area contributed by atoms with E-state index in [4.69, 9.17) is 5.14 Å². The maximum absolute atomic E-state index is 11.4. The van der Waals surface area contributed by atoms with Crippen molar-refractivity contribution >= 4 is 15.7 Å². The van der Waals surface area contributed by atoms with Crippen molar-refractivity contribution in [2.75, 3.05) is 31.1 Å². The second-order valence-electron chi connectivity index (χ2n) is 7.04. The quantitative estimate of drug-likeness (QED) is 0.874. The smallest absolute Gasteiger partial charge is 0.238 e. The summed E-state index contributed by atoms with van der Waals surface area (Å²) in [6.45, 7) is 8.35. The Bertz CT molecular complexity index is 842. The fourth-order valence-corrected chi connectivity index (χ4v) is 4.07. The highest BCUT2D eigenvalue weighted by Gasteiger charge is 2.22. The van der Waals surface area contributed by atoms with Gasteiger partial charge in [0.05, 0.1) is 4.90 Å². The number of piperazine rings is 1. The van der Waals surface area contributed by atoms with Crippen LogP contribution in [0.3, 0.4) is 0 Å². The maximum Gasteiger partial charge on any atom is 0.238 e. The van der Waals surface area contributed by atoms with E-state index >= 15 is 0 Å². The Balaban J connectivity index is 1.58. The molecule has 5 nitrogen and oxygen atoms in total. The van der Waals surface area contributed by atoms with E-state index < -0.39 is 10.0 Å². The molecule has 0 spiro atoms. The minimum atomic E-state index is -3.63. The average molecular weight is 374 g/mol. The molecule has 0 radical (unpaired) electrons. The number of hydrogen-bond acceptors (Lipinski definition) is 4. The van der Waals surface area contributed by atoms with Gasteiger partial charge in [-0.2, -0.15) is 0 Å². The number of hydrogen-bond donors (Lipinski definition) is 1. The van der Waals surface area contributed by atoms with Gasteiger partial charge in [-0.25, -0.2) is 13.6 Å². The molecule has 1 aliphatic heterocycles. The van der Waals surface area contributed by atoms with E-state index in [0.717, 1.165) is 38.3 Å². The number of nitrogens with zero attached hydrogens (tertiary/aromatic N) is 2. The number of benzene rings is 2. The molecular formula is C20H27N3O2S. The van der Waals surface area contributed by atoms with Crippen molar-refractivity contribution in [1.29, 1.82) is 0 Å². The first kappa shape index (κ1) is 18.9. The van der Waals surface area contributed by atoms with E-state index in [0.29, 0.717) is 6.04 Å². The predicted molar refractivity (Wildman–Crippen MR) is 106 cm³/mol. The molecule has 2 aromatic rings. The van der Waals surface area contributed by atoms with E-state index in [1.165, 1.54) is 11.1 Å². The summed E-state index contributed by atoms with van der Waals surface area (Å²) in [6.07, 6.45) is 1.07. The second-order valence-corrected chi connectivity index (χ2v) is 8.60. The third kappa shape index (κ3) is 4.44. The molecule has 1 aliphatic rings. The van der Waals surface area contributed by atoms with Crippen molar-refractivity contribution in [2.45, 2.75) is 31.2 Å². The lowest BCUT2D eigenvalue weighted by Crippen LogP contribution is -2.50. The van der Waals surface area contributed by atoms with Crippen molar-refractivity contribution < 1.29 is 8.42 Å². The van der Waals surface area contributed by atoms with E-state index in [9.17, 15) is 8.42 Å². The molecule has 2 aromatic carbocycles. The fraction of sp³-hybridized carbons (Fsp3) is 0.400. The highest BCUT2D eigenvalue weighted by Crippen LogP contribution is 2.21. The van der Waals surface area contributed by atoms with Gasteiger partial charge in [-0.1, -0.05) is 24.3 Å². The number of sulfonamides is 1. The highest BCUT2D eigenvalue weighted by molar-refractivity contribution is 7.89. The predicted octanol–water partition coefficient (Wildman–Crippen LogP) is 2.40. The summed E-state index contributed by atoms with van der Waals surface area (Å²) in [5, 5.41) is 5.16. The molecule has 6 heteroatoms. The van der Waals surface area contributed by atoms with Gasteiger partial charge >= 0.3 is 0 Å². The molecule has 3 rings (SSSR count). The molecule has 1 fully saturated rings. The Morgan fingerprint density at radius 2 is 1.62 bits per heavy atom. The highest BCUT2D eigenvalue weighted by atomic mass is 32.2. The van der Waals surface area contributed by atoms with Crippen LogP contribution in [0.25, 0.3) is 0 Å². The van der Waals surface area contributed by atoms with Crippen LogP contribution >= 0.6 is 0 Å².